The van der Waals surface area contributed by atoms with Crippen molar-refractivity contribution >= 4 is 33.2 Å². The van der Waals surface area contributed by atoms with E-state index in [1.807, 2.05) is 13.8 Å². The number of nitrogens with zero attached hydrogens (tertiary/aromatic N) is 2. The molecule has 1 unspecified atom stereocenters. The first-order valence-corrected chi connectivity index (χ1v) is 11.4. The first-order valence-electron chi connectivity index (χ1n) is 9.57. The van der Waals surface area contributed by atoms with Gasteiger partial charge in [-0.2, -0.15) is 4.31 Å². The zero-order chi connectivity index (χ0) is 20.6. The molecule has 0 bridgehead atoms. The maximum absolute atomic E-state index is 12.7. The molecule has 1 rings (SSSR count). The Hall–Kier alpha value is -1.15. The second kappa shape index (κ2) is 11.0. The quantitative estimate of drug-likeness (QED) is 0.594. The fraction of sp³-hybridized carbons (Fsp3) is 0.632. The van der Waals surface area contributed by atoms with Crippen molar-refractivity contribution in [3.05, 3.63) is 23.2 Å². The third-order valence-corrected chi connectivity index (χ3v) is 7.05. The molecule has 0 spiro atoms. The summed E-state index contributed by atoms with van der Waals surface area (Å²) in [7, 11) is -3.62. The van der Waals surface area contributed by atoms with Gasteiger partial charge in [0.15, 0.2) is 0 Å². The molecule has 1 N–H and O–H groups in total. The molecule has 0 aliphatic carbocycles. The zero-order valence-electron chi connectivity index (χ0n) is 17.0. The van der Waals surface area contributed by atoms with Crippen molar-refractivity contribution < 1.29 is 13.2 Å². The van der Waals surface area contributed by atoms with Gasteiger partial charge in [0.05, 0.1) is 21.6 Å². The van der Waals surface area contributed by atoms with Gasteiger partial charge in [-0.1, -0.05) is 45.7 Å². The summed E-state index contributed by atoms with van der Waals surface area (Å²) in [6.45, 7) is 11.9. The number of halogens is 1. The minimum Gasteiger partial charge on any atom is -0.323 e. The molecule has 0 aromatic heterocycles. The molecule has 1 aromatic rings. The third-order valence-electron chi connectivity index (χ3n) is 4.67. The van der Waals surface area contributed by atoms with Crippen LogP contribution in [0.2, 0.25) is 5.02 Å². The maximum Gasteiger partial charge on any atom is 0.243 e. The summed E-state index contributed by atoms with van der Waals surface area (Å²) in [6.07, 6.45) is 2.08. The lowest BCUT2D eigenvalue weighted by atomic mass is 10.2. The van der Waals surface area contributed by atoms with Gasteiger partial charge in [-0.05, 0) is 44.6 Å². The van der Waals surface area contributed by atoms with Crippen LogP contribution in [-0.4, -0.2) is 55.8 Å². The Morgan fingerprint density at radius 3 is 2.30 bits per heavy atom. The number of carbonyl (C=O) groups is 1. The molecular weight excluding hydrogens is 386 g/mol. The number of sulfonamides is 1. The molecule has 27 heavy (non-hydrogen) atoms. The Kier molecular flexibility index (Phi) is 9.73. The Balaban J connectivity index is 3.06. The van der Waals surface area contributed by atoms with Gasteiger partial charge in [0, 0.05) is 13.1 Å². The average molecular weight is 418 g/mol. The molecule has 6 nitrogen and oxygen atoms in total. The van der Waals surface area contributed by atoms with E-state index in [0.29, 0.717) is 23.8 Å². The van der Waals surface area contributed by atoms with Crippen LogP contribution in [0.5, 0.6) is 0 Å². The lowest BCUT2D eigenvalue weighted by Crippen LogP contribution is -2.42. The Labute approximate surface area is 168 Å². The van der Waals surface area contributed by atoms with Crippen LogP contribution in [0.3, 0.4) is 0 Å². The summed E-state index contributed by atoms with van der Waals surface area (Å²) in [5.74, 6) is -0.202. The number of hydrogen-bond donors (Lipinski definition) is 1. The molecule has 0 fully saturated rings. The highest BCUT2D eigenvalue weighted by Crippen LogP contribution is 2.27. The lowest BCUT2D eigenvalue weighted by molar-refractivity contribution is -0.120. The van der Waals surface area contributed by atoms with Gasteiger partial charge in [0.2, 0.25) is 15.9 Å². The number of likely N-dealkylation sites (N-methyl/N-ethyl adjacent to an activating group) is 1. The summed E-state index contributed by atoms with van der Waals surface area (Å²) in [5.41, 5.74) is 0.313. The molecule has 1 amide bonds. The van der Waals surface area contributed by atoms with Gasteiger partial charge in [-0.3, -0.25) is 9.69 Å². The summed E-state index contributed by atoms with van der Waals surface area (Å²) in [6, 6.07) is 4.07. The third kappa shape index (κ3) is 6.17. The molecule has 0 radical (unpaired) electrons. The monoisotopic (exact) mass is 417 g/mol. The van der Waals surface area contributed by atoms with Crippen LogP contribution in [0, 0.1) is 0 Å². The van der Waals surface area contributed by atoms with Crippen molar-refractivity contribution in [2.75, 3.05) is 31.5 Å². The highest BCUT2D eigenvalue weighted by atomic mass is 35.5. The van der Waals surface area contributed by atoms with Gasteiger partial charge >= 0.3 is 0 Å². The van der Waals surface area contributed by atoms with Crippen LogP contribution >= 0.6 is 11.6 Å². The standard InChI is InChI=1S/C19H32ClN3O3S/c1-6-10-13-22(7-2)15(5)19(24)21-18-14-16(11-12-17(18)20)27(25,26)23(8-3)9-4/h11-12,14-15H,6-10,13H2,1-5H3,(H,21,24). The van der Waals surface area contributed by atoms with Crippen LogP contribution in [0.1, 0.15) is 47.5 Å². The van der Waals surface area contributed by atoms with Crippen molar-refractivity contribution in [1.29, 1.82) is 0 Å². The van der Waals surface area contributed by atoms with Crippen molar-refractivity contribution in [2.24, 2.45) is 0 Å². The summed E-state index contributed by atoms with van der Waals surface area (Å²) in [4.78, 5) is 14.9. The van der Waals surface area contributed by atoms with E-state index in [4.69, 9.17) is 11.6 Å². The number of rotatable bonds is 11. The second-order valence-electron chi connectivity index (χ2n) is 6.38. The summed E-state index contributed by atoms with van der Waals surface area (Å²) >= 11 is 6.20. The van der Waals surface area contributed by atoms with Crippen LogP contribution in [0.15, 0.2) is 23.1 Å². The molecule has 0 saturated carbocycles. The van der Waals surface area contributed by atoms with E-state index in [1.54, 1.807) is 13.8 Å². The highest BCUT2D eigenvalue weighted by Gasteiger charge is 2.24. The minimum absolute atomic E-state index is 0.122. The van der Waals surface area contributed by atoms with Crippen LogP contribution < -0.4 is 5.32 Å². The van der Waals surface area contributed by atoms with Gasteiger partial charge in [-0.25, -0.2) is 8.42 Å². The number of amides is 1. The topological polar surface area (TPSA) is 69.7 Å². The van der Waals surface area contributed by atoms with E-state index in [-0.39, 0.29) is 16.8 Å². The van der Waals surface area contributed by atoms with Crippen molar-refractivity contribution in [3.8, 4) is 0 Å². The number of benzene rings is 1. The Morgan fingerprint density at radius 1 is 1.15 bits per heavy atom. The summed E-state index contributed by atoms with van der Waals surface area (Å²) in [5, 5.41) is 3.10. The number of unbranched alkanes of at least 4 members (excludes halogenated alkanes) is 1. The second-order valence-corrected chi connectivity index (χ2v) is 8.72. The fourth-order valence-electron chi connectivity index (χ4n) is 2.86. The number of carbonyl (C=O) groups excluding carboxylic acids is 1. The van der Waals surface area contributed by atoms with E-state index in [1.165, 1.54) is 22.5 Å². The van der Waals surface area contributed by atoms with E-state index in [2.05, 4.69) is 17.1 Å². The molecule has 0 aliphatic heterocycles. The lowest BCUT2D eigenvalue weighted by Gasteiger charge is -2.27. The smallest absolute Gasteiger partial charge is 0.243 e. The Bertz CT molecular complexity index is 721. The molecule has 1 aromatic carbocycles. The molecule has 0 aliphatic rings. The van der Waals surface area contributed by atoms with E-state index in [9.17, 15) is 13.2 Å². The van der Waals surface area contributed by atoms with Crippen molar-refractivity contribution in [3.63, 3.8) is 0 Å². The average Bonchev–Trinajstić information content (AvgIpc) is 2.64. The zero-order valence-corrected chi connectivity index (χ0v) is 18.5. The SMILES string of the molecule is CCCCN(CC)C(C)C(=O)Nc1cc(S(=O)(=O)N(CC)CC)ccc1Cl. The van der Waals surface area contributed by atoms with Gasteiger partial charge in [-0.15, -0.1) is 0 Å². The van der Waals surface area contributed by atoms with Gasteiger partial charge in [0.1, 0.15) is 0 Å². The minimum atomic E-state index is -3.62. The number of hydrogen-bond acceptors (Lipinski definition) is 4. The normalized spacial score (nSPS) is 13.2. The molecule has 0 saturated heterocycles. The molecule has 154 valence electrons. The first kappa shape index (κ1) is 23.9. The number of anilines is 1. The van der Waals surface area contributed by atoms with Crippen LogP contribution in [0.4, 0.5) is 5.69 Å². The van der Waals surface area contributed by atoms with E-state index < -0.39 is 10.0 Å². The van der Waals surface area contributed by atoms with Gasteiger partial charge < -0.3 is 5.32 Å². The summed E-state index contributed by atoms with van der Waals surface area (Å²) < 4.78 is 26.8. The van der Waals surface area contributed by atoms with E-state index >= 15 is 0 Å². The predicted molar refractivity (Wildman–Crippen MR) is 112 cm³/mol. The van der Waals surface area contributed by atoms with Crippen molar-refractivity contribution in [2.45, 2.75) is 58.4 Å². The first-order chi connectivity index (χ1) is 12.7. The van der Waals surface area contributed by atoms with Crippen LogP contribution in [-0.2, 0) is 14.8 Å². The van der Waals surface area contributed by atoms with Crippen molar-refractivity contribution in [1.82, 2.24) is 9.21 Å². The Morgan fingerprint density at radius 2 is 1.78 bits per heavy atom. The van der Waals surface area contributed by atoms with Gasteiger partial charge in [0.25, 0.3) is 0 Å². The highest BCUT2D eigenvalue weighted by molar-refractivity contribution is 7.89. The molecule has 1 atom stereocenters. The fourth-order valence-corrected chi connectivity index (χ4v) is 4.51. The van der Waals surface area contributed by atoms with Crippen LogP contribution in [0.25, 0.3) is 0 Å². The molecule has 8 heteroatoms. The van der Waals surface area contributed by atoms with E-state index in [0.717, 1.165) is 25.9 Å². The maximum atomic E-state index is 12.7. The number of nitrogens with one attached hydrogen (secondary N) is 1. The molecule has 0 heterocycles. The largest absolute Gasteiger partial charge is 0.323 e. The molecular formula is C19H32ClN3O3S. The predicted octanol–water partition coefficient (Wildman–Crippen LogP) is 3.82.